The second kappa shape index (κ2) is 7.88. The summed E-state index contributed by atoms with van der Waals surface area (Å²) < 4.78 is 17.8. The molecule has 0 unspecified atom stereocenters. The fourth-order valence-electron chi connectivity index (χ4n) is 3.71. The highest BCUT2D eigenvalue weighted by atomic mass is 16.5. The van der Waals surface area contributed by atoms with E-state index in [9.17, 15) is 4.79 Å². The Morgan fingerprint density at radius 2 is 1.58 bits per heavy atom. The molecule has 0 atom stereocenters. The van der Waals surface area contributed by atoms with Crippen molar-refractivity contribution in [3.05, 3.63) is 88.2 Å². The molecular weight excluding hydrogens is 392 g/mol. The van der Waals surface area contributed by atoms with Crippen LogP contribution < -0.4 is 19.8 Å². The Labute approximate surface area is 178 Å². The zero-order valence-corrected chi connectivity index (χ0v) is 16.6. The van der Waals surface area contributed by atoms with Gasteiger partial charge in [-0.25, -0.2) is 0 Å². The van der Waals surface area contributed by atoms with Crippen molar-refractivity contribution < 1.29 is 14.2 Å². The van der Waals surface area contributed by atoms with Gasteiger partial charge in [0.05, 0.1) is 17.3 Å². The van der Waals surface area contributed by atoms with Crippen molar-refractivity contribution in [1.82, 2.24) is 4.98 Å². The number of para-hydroxylation sites is 2. The lowest BCUT2D eigenvalue weighted by Gasteiger charge is -2.18. The smallest absolute Gasteiger partial charge is 0.256 e. The molecule has 0 saturated heterocycles. The summed E-state index contributed by atoms with van der Waals surface area (Å²) in [6.07, 6.45) is 0. The molecule has 1 N–H and O–H groups in total. The van der Waals surface area contributed by atoms with E-state index in [-0.39, 0.29) is 12.2 Å². The van der Waals surface area contributed by atoms with Gasteiger partial charge in [-0.15, -0.1) is 0 Å². The average Bonchev–Trinajstić information content (AvgIpc) is 2.81. The van der Waals surface area contributed by atoms with E-state index in [1.54, 1.807) is 24.3 Å². The maximum atomic E-state index is 12.8. The fourth-order valence-corrected chi connectivity index (χ4v) is 3.71. The minimum absolute atomic E-state index is 0.194. The topological polar surface area (TPSA) is 84.3 Å². The molecule has 2 heterocycles. The van der Waals surface area contributed by atoms with Gasteiger partial charge in [0.25, 0.3) is 5.56 Å². The van der Waals surface area contributed by atoms with E-state index in [1.807, 2.05) is 42.5 Å². The molecule has 1 aliphatic rings. The SMILES string of the molecule is N#Cc1ccc(-c2[nH]c(=O)c3ccc4cc3c2COc2ccccc2OCCO4)cc1. The summed E-state index contributed by atoms with van der Waals surface area (Å²) in [6.45, 7) is 0.949. The Morgan fingerprint density at radius 3 is 2.35 bits per heavy atom. The van der Waals surface area contributed by atoms with Gasteiger partial charge in [0, 0.05) is 10.9 Å². The number of ether oxygens (including phenoxy) is 3. The third-order valence-electron chi connectivity index (χ3n) is 5.23. The zero-order chi connectivity index (χ0) is 21.2. The molecule has 2 bridgehead atoms. The molecule has 0 fully saturated rings. The van der Waals surface area contributed by atoms with Crippen LogP contribution in [0.2, 0.25) is 0 Å². The van der Waals surface area contributed by atoms with Crippen molar-refractivity contribution in [2.24, 2.45) is 0 Å². The highest BCUT2D eigenvalue weighted by molar-refractivity contribution is 5.90. The van der Waals surface area contributed by atoms with Gasteiger partial charge in [0.15, 0.2) is 11.5 Å². The molecule has 6 heteroatoms. The van der Waals surface area contributed by atoms with Gasteiger partial charge in [0.2, 0.25) is 0 Å². The number of aromatic amines is 1. The summed E-state index contributed by atoms with van der Waals surface area (Å²) in [5.41, 5.74) is 2.61. The predicted molar refractivity (Wildman–Crippen MR) is 116 cm³/mol. The third-order valence-corrected chi connectivity index (χ3v) is 5.23. The van der Waals surface area contributed by atoms with E-state index in [4.69, 9.17) is 19.5 Å². The number of hydrogen-bond donors (Lipinski definition) is 1. The number of pyridine rings is 1. The Kier molecular flexibility index (Phi) is 4.77. The fraction of sp³-hybridized carbons (Fsp3) is 0.120. The molecule has 0 amide bonds. The van der Waals surface area contributed by atoms with Crippen LogP contribution in [0.1, 0.15) is 11.1 Å². The highest BCUT2D eigenvalue weighted by Gasteiger charge is 2.17. The summed E-state index contributed by atoms with van der Waals surface area (Å²) in [6, 6.07) is 22.1. The molecule has 152 valence electrons. The standard InChI is InChI=1S/C25H18N2O4/c26-14-16-5-7-17(8-6-16)24-21-15-31-23-4-2-1-3-22(23)30-12-11-29-18-9-10-19(20(21)13-18)25(28)27-24/h1-10,13H,11-12,15H2,(H,27,28). The summed E-state index contributed by atoms with van der Waals surface area (Å²) in [5.74, 6) is 1.91. The first-order valence-electron chi connectivity index (χ1n) is 9.90. The minimum Gasteiger partial charge on any atom is -0.490 e. The van der Waals surface area contributed by atoms with Crippen LogP contribution in [0.15, 0.2) is 71.5 Å². The number of rotatable bonds is 1. The van der Waals surface area contributed by atoms with Crippen LogP contribution in [0.4, 0.5) is 0 Å². The summed E-state index contributed by atoms with van der Waals surface area (Å²) >= 11 is 0. The van der Waals surface area contributed by atoms with E-state index in [0.717, 1.165) is 16.5 Å². The highest BCUT2D eigenvalue weighted by Crippen LogP contribution is 2.33. The van der Waals surface area contributed by atoms with Gasteiger partial charge >= 0.3 is 0 Å². The van der Waals surface area contributed by atoms with Gasteiger partial charge in [-0.05, 0) is 53.4 Å². The molecular formula is C25H18N2O4. The van der Waals surface area contributed by atoms with Crippen molar-refractivity contribution in [2.75, 3.05) is 13.2 Å². The lowest BCUT2D eigenvalue weighted by atomic mass is 9.99. The van der Waals surface area contributed by atoms with Crippen LogP contribution >= 0.6 is 0 Å². The number of hydrogen-bond acceptors (Lipinski definition) is 5. The summed E-state index contributed by atoms with van der Waals surface area (Å²) in [5, 5.41) is 10.4. The number of nitrogens with one attached hydrogen (secondary N) is 1. The Bertz CT molecular complexity index is 1370. The number of nitrogens with zero attached hydrogens (tertiary/aromatic N) is 1. The van der Waals surface area contributed by atoms with E-state index in [2.05, 4.69) is 11.1 Å². The Balaban J connectivity index is 1.72. The van der Waals surface area contributed by atoms with Crippen molar-refractivity contribution in [3.63, 3.8) is 0 Å². The monoisotopic (exact) mass is 410 g/mol. The van der Waals surface area contributed by atoms with Gasteiger partial charge in [-0.3, -0.25) is 4.79 Å². The Hall–Kier alpha value is -4.24. The molecule has 0 saturated carbocycles. The molecule has 0 spiro atoms. The van der Waals surface area contributed by atoms with E-state index in [0.29, 0.717) is 47.1 Å². The molecule has 5 rings (SSSR count). The summed E-state index contributed by atoms with van der Waals surface area (Å²) in [7, 11) is 0. The molecule has 1 aliphatic heterocycles. The molecule has 0 radical (unpaired) electrons. The number of benzene rings is 3. The molecule has 31 heavy (non-hydrogen) atoms. The van der Waals surface area contributed by atoms with Gasteiger partial charge < -0.3 is 19.2 Å². The van der Waals surface area contributed by atoms with Crippen molar-refractivity contribution in [3.8, 4) is 34.6 Å². The average molecular weight is 410 g/mol. The second-order valence-electron chi connectivity index (χ2n) is 7.14. The maximum Gasteiger partial charge on any atom is 0.256 e. The van der Waals surface area contributed by atoms with Gasteiger partial charge in [-0.1, -0.05) is 24.3 Å². The normalized spacial score (nSPS) is 13.0. The minimum atomic E-state index is -0.194. The lowest BCUT2D eigenvalue weighted by Crippen LogP contribution is -2.14. The first-order chi connectivity index (χ1) is 15.2. The number of H-pyrrole nitrogens is 1. The van der Waals surface area contributed by atoms with Crippen LogP contribution in [0.3, 0.4) is 0 Å². The largest absolute Gasteiger partial charge is 0.490 e. The van der Waals surface area contributed by atoms with Crippen LogP contribution in [-0.4, -0.2) is 18.2 Å². The number of aromatic nitrogens is 1. The van der Waals surface area contributed by atoms with E-state index < -0.39 is 0 Å². The van der Waals surface area contributed by atoms with Crippen LogP contribution in [0.25, 0.3) is 22.0 Å². The molecule has 3 aromatic carbocycles. The maximum absolute atomic E-state index is 12.8. The molecule has 4 aromatic rings. The quantitative estimate of drug-likeness (QED) is 0.502. The van der Waals surface area contributed by atoms with Crippen LogP contribution in [-0.2, 0) is 6.61 Å². The van der Waals surface area contributed by atoms with Crippen molar-refractivity contribution in [2.45, 2.75) is 6.61 Å². The number of fused-ring (bicyclic) bond motifs is 2. The van der Waals surface area contributed by atoms with Crippen LogP contribution in [0.5, 0.6) is 17.2 Å². The Morgan fingerprint density at radius 1 is 0.839 bits per heavy atom. The predicted octanol–water partition coefficient (Wildman–Crippen LogP) is 4.42. The molecule has 1 aromatic heterocycles. The van der Waals surface area contributed by atoms with E-state index in [1.165, 1.54) is 0 Å². The van der Waals surface area contributed by atoms with Crippen LogP contribution in [0, 0.1) is 11.3 Å². The zero-order valence-electron chi connectivity index (χ0n) is 16.6. The lowest BCUT2D eigenvalue weighted by molar-refractivity contribution is 0.205. The third kappa shape index (κ3) is 3.58. The molecule has 6 nitrogen and oxygen atoms in total. The van der Waals surface area contributed by atoms with E-state index >= 15 is 0 Å². The van der Waals surface area contributed by atoms with Crippen molar-refractivity contribution >= 4 is 10.8 Å². The first-order valence-corrected chi connectivity index (χ1v) is 9.90. The second-order valence-corrected chi connectivity index (χ2v) is 7.14. The van der Waals surface area contributed by atoms with Crippen molar-refractivity contribution in [1.29, 1.82) is 5.26 Å². The van der Waals surface area contributed by atoms with Gasteiger partial charge in [0.1, 0.15) is 25.6 Å². The van der Waals surface area contributed by atoms with Gasteiger partial charge in [-0.2, -0.15) is 5.26 Å². The summed E-state index contributed by atoms with van der Waals surface area (Å²) in [4.78, 5) is 15.8. The molecule has 0 aliphatic carbocycles. The first kappa shape index (κ1) is 18.8. The number of nitriles is 1.